The molecule has 0 amide bonds. The topological polar surface area (TPSA) is 47.3 Å². The van der Waals surface area contributed by atoms with Crippen LogP contribution in [0.4, 0.5) is 0 Å². The lowest BCUT2D eigenvalue weighted by Gasteiger charge is -2.13. The van der Waals surface area contributed by atoms with Crippen molar-refractivity contribution in [3.05, 3.63) is 65.1 Å². The monoisotopic (exact) mass is 238 g/mol. The summed E-state index contributed by atoms with van der Waals surface area (Å²) < 4.78 is 5.42. The molecule has 0 fully saturated rings. The van der Waals surface area contributed by atoms with Gasteiger partial charge in [-0.1, -0.05) is 24.3 Å². The van der Waals surface area contributed by atoms with Crippen LogP contribution in [0, 0.1) is 6.92 Å². The Morgan fingerprint density at radius 1 is 0.944 bits per heavy atom. The number of ketones is 2. The highest BCUT2D eigenvalue weighted by atomic mass is 16.3. The lowest BCUT2D eigenvalue weighted by molar-refractivity contribution is 0.1000. The molecule has 0 aliphatic heterocycles. The first-order valence-corrected chi connectivity index (χ1v) is 5.63. The van der Waals surface area contributed by atoms with Gasteiger partial charge in [0.2, 0.25) is 0 Å². The van der Waals surface area contributed by atoms with E-state index in [9.17, 15) is 9.59 Å². The van der Waals surface area contributed by atoms with Gasteiger partial charge in [0.25, 0.3) is 0 Å². The minimum atomic E-state index is -0.167. The highest BCUT2D eigenvalue weighted by Gasteiger charge is 2.27. The van der Waals surface area contributed by atoms with E-state index in [1.165, 1.54) is 6.08 Å². The number of rotatable bonds is 1. The Balaban J connectivity index is 2.15. The molecule has 0 atom stereocenters. The minimum Gasteiger partial charge on any atom is -0.461 e. The first-order valence-electron chi connectivity index (χ1n) is 5.63. The molecular formula is C15H10O3. The van der Waals surface area contributed by atoms with Crippen LogP contribution in [-0.2, 0) is 0 Å². The van der Waals surface area contributed by atoms with Gasteiger partial charge in [0.05, 0.1) is 5.57 Å². The fourth-order valence-corrected chi connectivity index (χ4v) is 2.08. The normalized spacial score (nSPS) is 14.4. The maximum absolute atomic E-state index is 12.3. The highest BCUT2D eigenvalue weighted by molar-refractivity contribution is 6.38. The molecule has 0 N–H and O–H groups in total. The van der Waals surface area contributed by atoms with Gasteiger partial charge in [0.15, 0.2) is 11.6 Å². The molecule has 0 radical (unpaired) electrons. The van der Waals surface area contributed by atoms with Crippen LogP contribution in [0.5, 0.6) is 0 Å². The van der Waals surface area contributed by atoms with Gasteiger partial charge in [-0.3, -0.25) is 9.59 Å². The number of furan rings is 1. The summed E-state index contributed by atoms with van der Waals surface area (Å²) in [7, 11) is 0. The van der Waals surface area contributed by atoms with Crippen LogP contribution < -0.4 is 0 Å². The highest BCUT2D eigenvalue weighted by Crippen LogP contribution is 2.28. The molecule has 2 aromatic rings. The van der Waals surface area contributed by atoms with Gasteiger partial charge in [0, 0.05) is 17.2 Å². The quantitative estimate of drug-likeness (QED) is 0.767. The molecule has 1 heterocycles. The maximum Gasteiger partial charge on any atom is 0.197 e. The number of allylic oxidation sites excluding steroid dienone is 2. The SMILES string of the molecule is Cc1ccc(C2=CC(=O)c3ccccc3C2=O)o1. The molecule has 3 rings (SSSR count). The van der Waals surface area contributed by atoms with Crippen LogP contribution in [0.15, 0.2) is 46.9 Å². The van der Waals surface area contributed by atoms with E-state index in [-0.39, 0.29) is 11.6 Å². The number of hydrogen-bond acceptors (Lipinski definition) is 3. The van der Waals surface area contributed by atoms with Crippen molar-refractivity contribution in [2.75, 3.05) is 0 Å². The summed E-state index contributed by atoms with van der Waals surface area (Å²) in [5, 5.41) is 0. The molecular weight excluding hydrogens is 228 g/mol. The van der Waals surface area contributed by atoms with Gasteiger partial charge in [-0.25, -0.2) is 0 Å². The largest absolute Gasteiger partial charge is 0.461 e. The third-order valence-electron chi connectivity index (χ3n) is 2.96. The molecule has 0 unspecified atom stereocenters. The predicted molar refractivity (Wildman–Crippen MR) is 66.5 cm³/mol. The van der Waals surface area contributed by atoms with Crippen molar-refractivity contribution in [3.63, 3.8) is 0 Å². The molecule has 3 nitrogen and oxygen atoms in total. The van der Waals surface area contributed by atoms with Crippen molar-refractivity contribution >= 4 is 17.1 Å². The molecule has 0 saturated carbocycles. The van der Waals surface area contributed by atoms with E-state index in [2.05, 4.69) is 0 Å². The van der Waals surface area contributed by atoms with Crippen LogP contribution in [0.2, 0.25) is 0 Å². The standard InChI is InChI=1S/C15H10O3/c1-9-6-7-14(18-9)12-8-13(16)10-4-2-3-5-11(10)15(12)17/h2-8H,1H3. The summed E-state index contributed by atoms with van der Waals surface area (Å²) in [6.45, 7) is 1.80. The molecule has 1 aliphatic carbocycles. The van der Waals surface area contributed by atoms with Crippen molar-refractivity contribution in [2.24, 2.45) is 0 Å². The lowest BCUT2D eigenvalue weighted by Crippen LogP contribution is -2.15. The van der Waals surface area contributed by atoms with Gasteiger partial charge in [-0.15, -0.1) is 0 Å². The third kappa shape index (κ3) is 1.52. The summed E-state index contributed by atoms with van der Waals surface area (Å²) in [5.41, 5.74) is 1.22. The fraction of sp³-hybridized carbons (Fsp3) is 0.0667. The number of fused-ring (bicyclic) bond motifs is 1. The number of benzene rings is 1. The second kappa shape index (κ2) is 3.81. The van der Waals surface area contributed by atoms with E-state index in [1.807, 2.05) is 0 Å². The summed E-state index contributed by atoms with van der Waals surface area (Å²) in [6, 6.07) is 10.3. The Morgan fingerprint density at radius 2 is 1.67 bits per heavy atom. The number of Topliss-reactive ketones (excluding diaryl/α,β-unsaturated/α-hetero) is 1. The Labute approximate surface area is 104 Å². The maximum atomic E-state index is 12.3. The van der Waals surface area contributed by atoms with Gasteiger partial charge in [-0.2, -0.15) is 0 Å². The van der Waals surface area contributed by atoms with Gasteiger partial charge >= 0.3 is 0 Å². The van der Waals surface area contributed by atoms with Crippen LogP contribution in [0.1, 0.15) is 32.2 Å². The molecule has 1 aliphatic rings. The minimum absolute atomic E-state index is 0.158. The van der Waals surface area contributed by atoms with Crippen molar-refractivity contribution in [2.45, 2.75) is 6.92 Å². The summed E-state index contributed by atoms with van der Waals surface area (Å²) in [5.74, 6) is 0.833. The van der Waals surface area contributed by atoms with Gasteiger partial charge < -0.3 is 4.42 Å². The van der Waals surface area contributed by atoms with Gasteiger partial charge in [-0.05, 0) is 19.1 Å². The second-order valence-electron chi connectivity index (χ2n) is 4.21. The number of carbonyl (C=O) groups excluding carboxylic acids is 2. The number of carbonyl (C=O) groups is 2. The van der Waals surface area contributed by atoms with E-state index in [4.69, 9.17) is 4.42 Å². The molecule has 1 aromatic carbocycles. The first kappa shape index (κ1) is 10.7. The molecule has 0 bridgehead atoms. The van der Waals surface area contributed by atoms with E-state index < -0.39 is 0 Å². The molecule has 3 heteroatoms. The van der Waals surface area contributed by atoms with E-state index in [1.54, 1.807) is 43.3 Å². The summed E-state index contributed by atoms with van der Waals surface area (Å²) in [4.78, 5) is 24.2. The van der Waals surface area contributed by atoms with E-state index in [0.717, 1.165) is 0 Å². The van der Waals surface area contributed by atoms with Gasteiger partial charge in [0.1, 0.15) is 11.5 Å². The van der Waals surface area contributed by atoms with Crippen LogP contribution >= 0.6 is 0 Å². The Kier molecular flexibility index (Phi) is 2.27. The molecule has 18 heavy (non-hydrogen) atoms. The second-order valence-corrected chi connectivity index (χ2v) is 4.21. The third-order valence-corrected chi connectivity index (χ3v) is 2.96. The predicted octanol–water partition coefficient (Wildman–Crippen LogP) is 3.05. The van der Waals surface area contributed by atoms with E-state index >= 15 is 0 Å². The van der Waals surface area contributed by atoms with E-state index in [0.29, 0.717) is 28.2 Å². The molecule has 88 valence electrons. The Hall–Kier alpha value is -2.42. The zero-order valence-corrected chi connectivity index (χ0v) is 9.77. The smallest absolute Gasteiger partial charge is 0.197 e. The summed E-state index contributed by atoms with van der Waals surface area (Å²) in [6.07, 6.45) is 1.35. The average molecular weight is 238 g/mol. The van der Waals surface area contributed by atoms with Crippen molar-refractivity contribution in [1.82, 2.24) is 0 Å². The number of aryl methyl sites for hydroxylation is 1. The fourth-order valence-electron chi connectivity index (χ4n) is 2.08. The zero-order chi connectivity index (χ0) is 12.7. The number of hydrogen-bond donors (Lipinski definition) is 0. The van der Waals surface area contributed by atoms with Crippen LogP contribution in [-0.4, -0.2) is 11.6 Å². The van der Waals surface area contributed by atoms with Crippen molar-refractivity contribution in [3.8, 4) is 0 Å². The Bertz CT molecular complexity index is 689. The molecule has 1 aromatic heterocycles. The molecule has 0 saturated heterocycles. The molecule has 0 spiro atoms. The Morgan fingerprint density at radius 3 is 2.33 bits per heavy atom. The lowest BCUT2D eigenvalue weighted by atomic mass is 9.88. The summed E-state index contributed by atoms with van der Waals surface area (Å²) >= 11 is 0. The van der Waals surface area contributed by atoms with Crippen molar-refractivity contribution < 1.29 is 14.0 Å². The first-order chi connectivity index (χ1) is 8.66. The van der Waals surface area contributed by atoms with Crippen molar-refractivity contribution in [1.29, 1.82) is 0 Å². The van der Waals surface area contributed by atoms with Crippen LogP contribution in [0.3, 0.4) is 0 Å². The zero-order valence-electron chi connectivity index (χ0n) is 9.77. The van der Waals surface area contributed by atoms with Crippen LogP contribution in [0.25, 0.3) is 5.57 Å². The average Bonchev–Trinajstić information content (AvgIpc) is 2.80.